The second-order valence-corrected chi connectivity index (χ2v) is 4.23. The van der Waals surface area contributed by atoms with E-state index in [1.165, 1.54) is 0 Å². The maximum Gasteiger partial charge on any atom is 0.181 e. The van der Waals surface area contributed by atoms with Crippen LogP contribution in [-0.2, 0) is 0 Å². The molecule has 84 valence electrons. The van der Waals surface area contributed by atoms with E-state index in [0.29, 0.717) is 5.82 Å². The quantitative estimate of drug-likeness (QED) is 0.887. The van der Waals surface area contributed by atoms with Gasteiger partial charge in [-0.2, -0.15) is 0 Å². The van der Waals surface area contributed by atoms with Crippen molar-refractivity contribution >= 4 is 17.2 Å². The third-order valence-electron chi connectivity index (χ3n) is 2.39. The van der Waals surface area contributed by atoms with Crippen LogP contribution in [0.5, 0.6) is 0 Å². The van der Waals surface area contributed by atoms with E-state index in [9.17, 15) is 0 Å². The normalized spacial score (nSPS) is 10.4. The largest absolute Gasteiger partial charge is 0.370 e. The molecule has 4 nitrogen and oxygen atoms in total. The fourth-order valence-corrected chi connectivity index (χ4v) is 1.94. The first-order valence-corrected chi connectivity index (χ1v) is 6.14. The maximum atomic E-state index is 4.49. The molecule has 0 aliphatic heterocycles. The number of hydrogen-bond donors (Lipinski definition) is 1. The van der Waals surface area contributed by atoms with Crippen LogP contribution in [0.2, 0.25) is 0 Å². The van der Waals surface area contributed by atoms with Gasteiger partial charge in [-0.25, -0.2) is 15.0 Å². The molecule has 0 fully saturated rings. The average Bonchev–Trinajstić information content (AvgIpc) is 2.78. The Labute approximate surface area is 98.8 Å². The Balaban J connectivity index is 2.48. The fraction of sp³-hybridized carbons (Fsp3) is 0.364. The molecule has 2 rings (SSSR count). The van der Waals surface area contributed by atoms with Crippen molar-refractivity contribution in [3.05, 3.63) is 22.1 Å². The van der Waals surface area contributed by atoms with Crippen LogP contribution >= 0.6 is 11.3 Å². The van der Waals surface area contributed by atoms with E-state index in [2.05, 4.69) is 27.2 Å². The van der Waals surface area contributed by atoms with Crippen LogP contribution in [0.25, 0.3) is 11.5 Å². The molecule has 0 aliphatic rings. The predicted octanol–water partition coefficient (Wildman–Crippen LogP) is 2.65. The number of nitrogens with one attached hydrogen (secondary N) is 1. The molecule has 0 radical (unpaired) electrons. The summed E-state index contributed by atoms with van der Waals surface area (Å²) in [5.74, 6) is 1.60. The van der Waals surface area contributed by atoms with Crippen LogP contribution in [-0.4, -0.2) is 21.5 Å². The van der Waals surface area contributed by atoms with Gasteiger partial charge in [0.15, 0.2) is 5.82 Å². The van der Waals surface area contributed by atoms with Crippen molar-refractivity contribution in [2.24, 2.45) is 0 Å². The van der Waals surface area contributed by atoms with E-state index in [1.54, 1.807) is 16.8 Å². The monoisotopic (exact) mass is 234 g/mol. The Kier molecular flexibility index (Phi) is 3.14. The van der Waals surface area contributed by atoms with E-state index in [0.717, 1.165) is 29.3 Å². The van der Waals surface area contributed by atoms with Crippen molar-refractivity contribution < 1.29 is 0 Å². The Morgan fingerprint density at radius 3 is 2.75 bits per heavy atom. The number of hydrogen-bond acceptors (Lipinski definition) is 5. The summed E-state index contributed by atoms with van der Waals surface area (Å²) >= 11 is 1.55. The minimum atomic E-state index is 0.695. The molecule has 5 heteroatoms. The molecule has 0 saturated heterocycles. The summed E-state index contributed by atoms with van der Waals surface area (Å²) in [6, 6.07) is 0. The van der Waals surface area contributed by atoms with Crippen molar-refractivity contribution in [2.45, 2.75) is 20.8 Å². The lowest BCUT2D eigenvalue weighted by atomic mass is 10.2. The van der Waals surface area contributed by atoms with Gasteiger partial charge in [0.2, 0.25) is 0 Å². The van der Waals surface area contributed by atoms with Crippen LogP contribution in [0.15, 0.2) is 10.9 Å². The first-order valence-electron chi connectivity index (χ1n) is 5.20. The van der Waals surface area contributed by atoms with E-state index >= 15 is 0 Å². The molecule has 0 unspecified atom stereocenters. The van der Waals surface area contributed by atoms with E-state index in [4.69, 9.17) is 0 Å². The van der Waals surface area contributed by atoms with Crippen molar-refractivity contribution in [2.75, 3.05) is 11.9 Å². The van der Waals surface area contributed by atoms with Crippen molar-refractivity contribution in [3.8, 4) is 11.5 Å². The number of aryl methyl sites for hydroxylation is 1. The van der Waals surface area contributed by atoms with Gasteiger partial charge in [-0.3, -0.25) is 0 Å². The third kappa shape index (κ3) is 2.04. The number of anilines is 1. The smallest absolute Gasteiger partial charge is 0.181 e. The predicted molar refractivity (Wildman–Crippen MR) is 66.8 cm³/mol. The lowest BCUT2D eigenvalue weighted by Crippen LogP contribution is -2.06. The van der Waals surface area contributed by atoms with Gasteiger partial charge >= 0.3 is 0 Å². The molecule has 16 heavy (non-hydrogen) atoms. The first kappa shape index (κ1) is 11.0. The van der Waals surface area contributed by atoms with E-state index in [1.807, 2.05) is 19.2 Å². The highest BCUT2D eigenvalue weighted by Gasteiger charge is 2.09. The molecule has 0 amide bonds. The molecule has 0 bridgehead atoms. The second kappa shape index (κ2) is 4.57. The van der Waals surface area contributed by atoms with Crippen molar-refractivity contribution in [1.29, 1.82) is 0 Å². The topological polar surface area (TPSA) is 50.7 Å². The standard InChI is InChI=1S/C11H14N4S/c1-4-12-10-7(2)8(3)14-11(15-10)9-5-16-6-13-9/h5-6H,4H2,1-3H3,(H,12,14,15). The minimum absolute atomic E-state index is 0.695. The van der Waals surface area contributed by atoms with Crippen LogP contribution < -0.4 is 5.32 Å². The van der Waals surface area contributed by atoms with Crippen LogP contribution in [0.1, 0.15) is 18.2 Å². The number of nitrogens with zero attached hydrogens (tertiary/aromatic N) is 3. The zero-order chi connectivity index (χ0) is 11.5. The fourth-order valence-electron chi connectivity index (χ4n) is 1.41. The summed E-state index contributed by atoms with van der Waals surface area (Å²) in [5.41, 5.74) is 4.72. The number of thiazole rings is 1. The summed E-state index contributed by atoms with van der Waals surface area (Å²) in [4.78, 5) is 13.2. The molecule has 0 aliphatic carbocycles. The maximum absolute atomic E-state index is 4.49. The first-order chi connectivity index (χ1) is 7.72. The minimum Gasteiger partial charge on any atom is -0.370 e. The van der Waals surface area contributed by atoms with Gasteiger partial charge < -0.3 is 5.32 Å². The van der Waals surface area contributed by atoms with Crippen LogP contribution in [0.3, 0.4) is 0 Å². The molecule has 0 saturated carbocycles. The zero-order valence-corrected chi connectivity index (χ0v) is 10.4. The number of rotatable bonds is 3. The highest BCUT2D eigenvalue weighted by atomic mass is 32.1. The van der Waals surface area contributed by atoms with Gasteiger partial charge in [-0.15, -0.1) is 11.3 Å². The highest BCUT2D eigenvalue weighted by Crippen LogP contribution is 2.21. The average molecular weight is 234 g/mol. The summed E-state index contributed by atoms with van der Waals surface area (Å²) < 4.78 is 0. The molecular formula is C11H14N4S. The van der Waals surface area contributed by atoms with Crippen molar-refractivity contribution in [1.82, 2.24) is 15.0 Å². The molecule has 0 atom stereocenters. The van der Waals surface area contributed by atoms with Crippen LogP contribution in [0, 0.1) is 13.8 Å². The molecule has 2 aromatic rings. The Morgan fingerprint density at radius 2 is 2.12 bits per heavy atom. The van der Waals surface area contributed by atoms with Gasteiger partial charge in [0.05, 0.1) is 5.51 Å². The van der Waals surface area contributed by atoms with Gasteiger partial charge in [0, 0.05) is 23.2 Å². The lowest BCUT2D eigenvalue weighted by Gasteiger charge is -2.09. The zero-order valence-electron chi connectivity index (χ0n) is 9.61. The van der Waals surface area contributed by atoms with E-state index < -0.39 is 0 Å². The van der Waals surface area contributed by atoms with Crippen LogP contribution in [0.4, 0.5) is 5.82 Å². The molecule has 0 aromatic carbocycles. The highest BCUT2D eigenvalue weighted by molar-refractivity contribution is 7.07. The lowest BCUT2D eigenvalue weighted by molar-refractivity contribution is 1.04. The van der Waals surface area contributed by atoms with Gasteiger partial charge in [-0.1, -0.05) is 0 Å². The SMILES string of the molecule is CCNc1nc(-c2cscn2)nc(C)c1C. The molecule has 0 spiro atoms. The number of aromatic nitrogens is 3. The molecule has 2 aromatic heterocycles. The van der Waals surface area contributed by atoms with Gasteiger partial charge in [-0.05, 0) is 20.8 Å². The van der Waals surface area contributed by atoms with Gasteiger partial charge in [0.25, 0.3) is 0 Å². The Morgan fingerprint density at radius 1 is 1.31 bits per heavy atom. The van der Waals surface area contributed by atoms with Crippen molar-refractivity contribution in [3.63, 3.8) is 0 Å². The summed E-state index contributed by atoms with van der Waals surface area (Å²) in [6.45, 7) is 6.93. The van der Waals surface area contributed by atoms with Gasteiger partial charge in [0.1, 0.15) is 11.5 Å². The molecular weight excluding hydrogens is 220 g/mol. The Hall–Kier alpha value is -1.49. The third-order valence-corrected chi connectivity index (χ3v) is 2.98. The van der Waals surface area contributed by atoms with E-state index in [-0.39, 0.29) is 0 Å². The summed E-state index contributed by atoms with van der Waals surface area (Å²) in [5, 5.41) is 5.20. The molecule has 1 N–H and O–H groups in total. The Bertz CT molecular complexity index is 479. The molecule has 2 heterocycles. The summed E-state index contributed by atoms with van der Waals surface area (Å²) in [7, 11) is 0. The summed E-state index contributed by atoms with van der Waals surface area (Å²) in [6.07, 6.45) is 0. The second-order valence-electron chi connectivity index (χ2n) is 3.51.